The van der Waals surface area contributed by atoms with Crippen LogP contribution in [0.15, 0.2) is 29.1 Å². The molecule has 0 radical (unpaired) electrons. The number of aryl methyl sites for hydroxylation is 2. The van der Waals surface area contributed by atoms with Gasteiger partial charge in [-0.25, -0.2) is 4.79 Å². The Hall–Kier alpha value is -2.87. The first kappa shape index (κ1) is 18.2. The molecule has 150 valence electrons. The summed E-state index contributed by atoms with van der Waals surface area (Å²) in [6, 6.07) is 7.48. The van der Waals surface area contributed by atoms with Crippen molar-refractivity contribution in [2.24, 2.45) is 7.05 Å². The summed E-state index contributed by atoms with van der Waals surface area (Å²) in [5.41, 5.74) is 3.08. The molecule has 2 N–H and O–H groups in total. The van der Waals surface area contributed by atoms with E-state index in [0.717, 1.165) is 29.7 Å². The average molecular weight is 410 g/mol. The van der Waals surface area contributed by atoms with E-state index in [1.165, 1.54) is 15.0 Å². The number of imidazole rings is 1. The fourth-order valence-corrected chi connectivity index (χ4v) is 5.41. The average Bonchev–Trinajstić information content (AvgIpc) is 3.21. The zero-order valence-corrected chi connectivity index (χ0v) is 17.2. The number of nitrogens with zero attached hydrogens (tertiary/aromatic N) is 2. The van der Waals surface area contributed by atoms with Crippen molar-refractivity contribution in [2.75, 3.05) is 18.4 Å². The maximum absolute atomic E-state index is 13.0. The van der Waals surface area contributed by atoms with E-state index in [2.05, 4.69) is 23.3 Å². The van der Waals surface area contributed by atoms with Gasteiger partial charge in [0.15, 0.2) is 0 Å². The molecule has 1 aromatic carbocycles. The Morgan fingerprint density at radius 2 is 2.07 bits per heavy atom. The smallest absolute Gasteiger partial charge is 0.326 e. The third-order valence-electron chi connectivity index (χ3n) is 6.05. The fraction of sp³-hybridized carbons (Fsp3) is 0.381. The number of hydrogen-bond acceptors (Lipinski definition) is 4. The summed E-state index contributed by atoms with van der Waals surface area (Å²) in [5.74, 6) is -0.275. The number of benzene rings is 1. The molecule has 1 spiro atoms. The van der Waals surface area contributed by atoms with Crippen LogP contribution in [0, 0.1) is 0 Å². The number of nitrogens with one attached hydrogen (secondary N) is 2. The van der Waals surface area contributed by atoms with E-state index < -0.39 is 0 Å². The van der Waals surface area contributed by atoms with Gasteiger partial charge in [-0.1, -0.05) is 6.92 Å². The number of H-pyrrole nitrogens is 1. The second-order valence-electron chi connectivity index (χ2n) is 8.02. The van der Waals surface area contributed by atoms with Gasteiger partial charge in [0, 0.05) is 29.6 Å². The lowest BCUT2D eigenvalue weighted by atomic mass is 9.91. The monoisotopic (exact) mass is 410 g/mol. The van der Waals surface area contributed by atoms with Crippen molar-refractivity contribution < 1.29 is 9.59 Å². The summed E-state index contributed by atoms with van der Waals surface area (Å²) in [5, 5.41) is 2.86. The van der Waals surface area contributed by atoms with Gasteiger partial charge in [-0.2, -0.15) is 0 Å². The van der Waals surface area contributed by atoms with Crippen LogP contribution < -0.4 is 11.0 Å². The summed E-state index contributed by atoms with van der Waals surface area (Å²) < 4.78 is 1.52. The van der Waals surface area contributed by atoms with Gasteiger partial charge in [-0.15, -0.1) is 11.3 Å². The molecule has 0 saturated heterocycles. The summed E-state index contributed by atoms with van der Waals surface area (Å²) in [6.07, 6.45) is 3.07. The number of carbonyl (C=O) groups excluding carboxylic acids is 2. The lowest BCUT2D eigenvalue weighted by molar-refractivity contribution is -0.117. The third kappa shape index (κ3) is 2.90. The molecule has 1 fully saturated rings. The van der Waals surface area contributed by atoms with E-state index in [0.29, 0.717) is 17.7 Å². The number of thiophene rings is 1. The highest BCUT2D eigenvalue weighted by Gasteiger charge is 2.52. The number of amides is 2. The zero-order valence-electron chi connectivity index (χ0n) is 16.4. The Bertz CT molecular complexity index is 1210. The van der Waals surface area contributed by atoms with Crippen LogP contribution in [0.1, 0.15) is 39.9 Å². The molecule has 1 aliphatic carbocycles. The molecule has 1 aliphatic heterocycles. The first-order valence-corrected chi connectivity index (χ1v) is 10.6. The SMILES string of the molecule is CCc1cc2c(s1)C(=O)N(CC(=O)Nc1ccc3c(c1)[nH]c(=O)n3C)CC21CC1. The molecule has 3 aromatic rings. The molecule has 1 saturated carbocycles. The molecule has 29 heavy (non-hydrogen) atoms. The zero-order chi connectivity index (χ0) is 20.3. The van der Waals surface area contributed by atoms with E-state index >= 15 is 0 Å². The van der Waals surface area contributed by atoms with Crippen LogP contribution in [0.25, 0.3) is 11.0 Å². The van der Waals surface area contributed by atoms with Crippen LogP contribution in [-0.2, 0) is 23.7 Å². The van der Waals surface area contributed by atoms with Crippen molar-refractivity contribution >= 4 is 39.9 Å². The third-order valence-corrected chi connectivity index (χ3v) is 7.32. The second kappa shape index (κ2) is 6.32. The Labute approximate surface area is 171 Å². The molecule has 7 nitrogen and oxygen atoms in total. The molecule has 3 heterocycles. The highest BCUT2D eigenvalue weighted by atomic mass is 32.1. The van der Waals surface area contributed by atoms with Crippen LogP contribution in [0.3, 0.4) is 0 Å². The van der Waals surface area contributed by atoms with E-state index in [1.54, 1.807) is 41.5 Å². The minimum absolute atomic E-state index is 0.0305. The van der Waals surface area contributed by atoms with Crippen molar-refractivity contribution in [1.29, 1.82) is 0 Å². The van der Waals surface area contributed by atoms with Crippen LogP contribution >= 0.6 is 11.3 Å². The summed E-state index contributed by atoms with van der Waals surface area (Å²) in [4.78, 5) is 43.9. The normalized spacial score (nSPS) is 17.0. The van der Waals surface area contributed by atoms with Crippen molar-refractivity contribution in [3.63, 3.8) is 0 Å². The molecule has 0 unspecified atom stereocenters. The highest BCUT2D eigenvalue weighted by Crippen LogP contribution is 2.54. The number of anilines is 1. The molecule has 2 aliphatic rings. The van der Waals surface area contributed by atoms with Crippen LogP contribution in [0.5, 0.6) is 0 Å². The first-order valence-electron chi connectivity index (χ1n) is 9.81. The predicted molar refractivity (Wildman–Crippen MR) is 113 cm³/mol. The van der Waals surface area contributed by atoms with Gasteiger partial charge < -0.3 is 15.2 Å². The molecule has 5 rings (SSSR count). The molecule has 0 bridgehead atoms. The second-order valence-corrected chi connectivity index (χ2v) is 9.16. The van der Waals surface area contributed by atoms with Crippen molar-refractivity contribution in [3.8, 4) is 0 Å². The Morgan fingerprint density at radius 1 is 1.28 bits per heavy atom. The standard InChI is InChI=1S/C21H22N4O3S/c1-3-13-9-14-18(29-13)19(27)25(11-21(14)6-7-21)10-17(26)22-12-4-5-16-15(8-12)23-20(28)24(16)2/h4-5,8-9H,3,6-7,10-11H2,1-2H3,(H,22,26)(H,23,28). The largest absolute Gasteiger partial charge is 0.328 e. The minimum atomic E-state index is -0.234. The maximum atomic E-state index is 13.0. The van der Waals surface area contributed by atoms with Gasteiger partial charge in [0.05, 0.1) is 15.9 Å². The first-order chi connectivity index (χ1) is 13.9. The van der Waals surface area contributed by atoms with Crippen LogP contribution in [0.4, 0.5) is 5.69 Å². The topological polar surface area (TPSA) is 87.2 Å². The van der Waals surface area contributed by atoms with E-state index in [1.807, 2.05) is 0 Å². The summed E-state index contributed by atoms with van der Waals surface area (Å²) >= 11 is 1.57. The Kier molecular flexibility index (Phi) is 3.96. The van der Waals surface area contributed by atoms with Crippen molar-refractivity contribution in [1.82, 2.24) is 14.5 Å². The van der Waals surface area contributed by atoms with Crippen molar-refractivity contribution in [2.45, 2.75) is 31.6 Å². The van der Waals surface area contributed by atoms with Gasteiger partial charge in [-0.3, -0.25) is 14.2 Å². The number of aromatic amines is 1. The fourth-order valence-electron chi connectivity index (χ4n) is 4.23. The molecule has 0 atom stereocenters. The number of fused-ring (bicyclic) bond motifs is 3. The van der Waals surface area contributed by atoms with Gasteiger partial charge in [0.1, 0.15) is 6.54 Å². The van der Waals surface area contributed by atoms with Gasteiger partial charge in [0.2, 0.25) is 5.91 Å². The molecule has 8 heteroatoms. The summed E-state index contributed by atoms with van der Waals surface area (Å²) in [6.45, 7) is 2.74. The number of hydrogen-bond donors (Lipinski definition) is 2. The van der Waals surface area contributed by atoms with E-state index in [9.17, 15) is 14.4 Å². The van der Waals surface area contributed by atoms with E-state index in [4.69, 9.17) is 0 Å². The quantitative estimate of drug-likeness (QED) is 0.693. The lowest BCUT2D eigenvalue weighted by Crippen LogP contribution is -2.46. The number of aromatic nitrogens is 2. The van der Waals surface area contributed by atoms with E-state index in [-0.39, 0.29) is 29.5 Å². The minimum Gasteiger partial charge on any atom is -0.328 e. The predicted octanol–water partition coefficient (Wildman–Crippen LogP) is 2.62. The van der Waals surface area contributed by atoms with Gasteiger partial charge in [0.25, 0.3) is 5.91 Å². The molecular weight excluding hydrogens is 388 g/mol. The van der Waals surface area contributed by atoms with Crippen molar-refractivity contribution in [3.05, 3.63) is 50.1 Å². The van der Waals surface area contributed by atoms with Crippen LogP contribution in [0.2, 0.25) is 0 Å². The molecular formula is C21H22N4O3S. The number of rotatable bonds is 4. The van der Waals surface area contributed by atoms with Crippen LogP contribution in [-0.4, -0.2) is 39.4 Å². The Balaban J connectivity index is 1.34. The van der Waals surface area contributed by atoms with Gasteiger partial charge in [-0.05, 0) is 49.1 Å². The highest BCUT2D eigenvalue weighted by molar-refractivity contribution is 7.14. The summed E-state index contributed by atoms with van der Waals surface area (Å²) in [7, 11) is 1.69. The van der Waals surface area contributed by atoms with Gasteiger partial charge >= 0.3 is 5.69 Å². The lowest BCUT2D eigenvalue weighted by Gasteiger charge is -2.32. The molecule has 2 aromatic heterocycles. The molecule has 2 amide bonds. The number of carbonyl (C=O) groups is 2. The Morgan fingerprint density at radius 3 is 2.79 bits per heavy atom. The maximum Gasteiger partial charge on any atom is 0.326 e.